The number of aryl methyl sites for hydroxylation is 1. The first-order valence-electron chi connectivity index (χ1n) is 7.05. The summed E-state index contributed by atoms with van der Waals surface area (Å²) in [6.07, 6.45) is 10.2. The normalized spacial score (nSPS) is 31.6. The van der Waals surface area contributed by atoms with Gasteiger partial charge in [0.1, 0.15) is 11.9 Å². The minimum absolute atomic E-state index is 0.0657. The summed E-state index contributed by atoms with van der Waals surface area (Å²) in [6, 6.07) is 4.49. The van der Waals surface area contributed by atoms with Gasteiger partial charge in [-0.2, -0.15) is 0 Å². The van der Waals surface area contributed by atoms with Gasteiger partial charge in [-0.15, -0.1) is 0 Å². The molecule has 1 aromatic carbocycles. The topological polar surface area (TPSA) is 12.5 Å². The van der Waals surface area contributed by atoms with E-state index in [9.17, 15) is 0 Å². The lowest BCUT2D eigenvalue weighted by atomic mass is 9.71. The molecule has 0 aromatic heterocycles. The third kappa shape index (κ3) is 1.41. The number of rotatable bonds is 0. The van der Waals surface area contributed by atoms with Crippen molar-refractivity contribution in [1.29, 1.82) is 0 Å². The van der Waals surface area contributed by atoms with Crippen molar-refractivity contribution in [3.63, 3.8) is 0 Å². The molecule has 0 bridgehead atoms. The molecule has 0 amide bonds. The van der Waals surface area contributed by atoms with Gasteiger partial charge in [0.15, 0.2) is 0 Å². The van der Waals surface area contributed by atoms with Crippen LogP contribution < -0.4 is 4.74 Å². The summed E-state index contributed by atoms with van der Waals surface area (Å²) in [7, 11) is 2.21. The van der Waals surface area contributed by atoms with Crippen LogP contribution in [0, 0.1) is 6.92 Å². The fourth-order valence-corrected chi connectivity index (χ4v) is 3.77. The monoisotopic (exact) mass is 253 g/mol. The fourth-order valence-electron chi connectivity index (χ4n) is 3.77. The van der Waals surface area contributed by atoms with Crippen molar-refractivity contribution >= 4 is 0 Å². The van der Waals surface area contributed by atoms with Crippen molar-refractivity contribution in [3.05, 3.63) is 53.1 Å². The van der Waals surface area contributed by atoms with Crippen molar-refractivity contribution in [1.82, 2.24) is 4.90 Å². The van der Waals surface area contributed by atoms with Crippen LogP contribution in [0.5, 0.6) is 5.75 Å². The molecular weight excluding hydrogens is 234 g/mol. The zero-order valence-corrected chi connectivity index (χ0v) is 11.5. The van der Waals surface area contributed by atoms with Crippen molar-refractivity contribution in [2.45, 2.75) is 31.4 Å². The molecule has 2 unspecified atom stereocenters. The van der Waals surface area contributed by atoms with Gasteiger partial charge in [0, 0.05) is 12.1 Å². The second kappa shape index (κ2) is 3.73. The molecule has 0 radical (unpaired) electrons. The van der Waals surface area contributed by atoms with Gasteiger partial charge < -0.3 is 9.64 Å². The number of benzene rings is 1. The van der Waals surface area contributed by atoms with Gasteiger partial charge in [0.2, 0.25) is 0 Å². The molecule has 0 saturated carbocycles. The van der Waals surface area contributed by atoms with Crippen LogP contribution in [0.3, 0.4) is 0 Å². The Balaban J connectivity index is 2.01. The minimum atomic E-state index is 0.0657. The highest BCUT2D eigenvalue weighted by atomic mass is 16.5. The van der Waals surface area contributed by atoms with E-state index in [1.165, 1.54) is 16.7 Å². The Kier molecular flexibility index (Phi) is 2.22. The SMILES string of the molecule is Cc1ccc2c3c1OC1C=CC=CC31CCN(C)C2. The van der Waals surface area contributed by atoms with Gasteiger partial charge in [-0.05, 0) is 44.1 Å². The standard InChI is InChI=1S/C17H19NO/c1-12-6-7-13-11-18(2)10-9-17-8-4-3-5-14(17)19-16(12)15(13)17/h3-8,14H,9-11H2,1-2H3. The Morgan fingerprint density at radius 3 is 3.11 bits per heavy atom. The molecule has 1 aliphatic carbocycles. The maximum atomic E-state index is 6.29. The number of ether oxygens (including phenoxy) is 1. The molecule has 2 aliphatic heterocycles. The second-order valence-corrected chi connectivity index (χ2v) is 6.06. The van der Waals surface area contributed by atoms with Crippen LogP contribution in [0.2, 0.25) is 0 Å². The molecule has 0 fully saturated rings. The highest BCUT2D eigenvalue weighted by molar-refractivity contribution is 5.59. The first kappa shape index (κ1) is 11.3. The summed E-state index contributed by atoms with van der Waals surface area (Å²) in [5.41, 5.74) is 4.21. The molecule has 19 heavy (non-hydrogen) atoms. The molecular formula is C17H19NO. The predicted molar refractivity (Wildman–Crippen MR) is 76.5 cm³/mol. The van der Waals surface area contributed by atoms with Gasteiger partial charge >= 0.3 is 0 Å². The molecule has 3 aliphatic rings. The van der Waals surface area contributed by atoms with Gasteiger partial charge in [-0.1, -0.05) is 30.4 Å². The van der Waals surface area contributed by atoms with Crippen molar-refractivity contribution in [3.8, 4) is 5.75 Å². The highest BCUT2D eigenvalue weighted by Crippen LogP contribution is 2.52. The van der Waals surface area contributed by atoms with Crippen LogP contribution in [0.25, 0.3) is 0 Å². The second-order valence-electron chi connectivity index (χ2n) is 6.06. The third-order valence-corrected chi connectivity index (χ3v) is 4.80. The Hall–Kier alpha value is -1.54. The van der Waals surface area contributed by atoms with Crippen LogP contribution in [-0.4, -0.2) is 24.6 Å². The van der Waals surface area contributed by atoms with E-state index in [0.717, 1.165) is 25.3 Å². The maximum Gasteiger partial charge on any atom is 0.130 e. The Morgan fingerprint density at radius 1 is 1.32 bits per heavy atom. The Bertz CT molecular complexity index is 602. The van der Waals surface area contributed by atoms with Gasteiger partial charge in [-0.3, -0.25) is 0 Å². The van der Waals surface area contributed by atoms with E-state index in [1.54, 1.807) is 0 Å². The van der Waals surface area contributed by atoms with E-state index in [0.29, 0.717) is 0 Å². The average Bonchev–Trinajstić information content (AvgIpc) is 2.69. The van der Waals surface area contributed by atoms with E-state index in [1.807, 2.05) is 0 Å². The van der Waals surface area contributed by atoms with Crippen LogP contribution >= 0.6 is 0 Å². The molecule has 2 heterocycles. The number of hydrogen-bond donors (Lipinski definition) is 0. The smallest absolute Gasteiger partial charge is 0.130 e. The van der Waals surface area contributed by atoms with E-state index in [4.69, 9.17) is 4.74 Å². The summed E-state index contributed by atoms with van der Waals surface area (Å²) < 4.78 is 6.29. The Labute approximate surface area is 114 Å². The highest BCUT2D eigenvalue weighted by Gasteiger charge is 2.49. The fraction of sp³-hybridized carbons (Fsp3) is 0.412. The number of allylic oxidation sites excluding steroid dienone is 2. The minimum Gasteiger partial charge on any atom is -0.484 e. The largest absolute Gasteiger partial charge is 0.484 e. The van der Waals surface area contributed by atoms with Crippen molar-refractivity contribution in [2.24, 2.45) is 0 Å². The van der Waals surface area contributed by atoms with E-state index >= 15 is 0 Å². The molecule has 0 N–H and O–H groups in total. The van der Waals surface area contributed by atoms with Crippen LogP contribution in [0.15, 0.2) is 36.4 Å². The first-order valence-corrected chi connectivity index (χ1v) is 7.05. The molecule has 2 atom stereocenters. The Morgan fingerprint density at radius 2 is 2.21 bits per heavy atom. The molecule has 1 spiro atoms. The van der Waals surface area contributed by atoms with Crippen LogP contribution in [0.1, 0.15) is 23.1 Å². The summed E-state index contributed by atoms with van der Waals surface area (Å²) in [5.74, 6) is 1.13. The van der Waals surface area contributed by atoms with Gasteiger partial charge in [-0.25, -0.2) is 0 Å². The number of nitrogens with zero attached hydrogens (tertiary/aromatic N) is 1. The molecule has 2 heteroatoms. The van der Waals surface area contributed by atoms with Crippen molar-refractivity contribution in [2.75, 3.05) is 13.6 Å². The maximum absolute atomic E-state index is 6.29. The summed E-state index contributed by atoms with van der Waals surface area (Å²) in [4.78, 5) is 2.42. The third-order valence-electron chi connectivity index (χ3n) is 4.80. The zero-order chi connectivity index (χ0) is 13.0. The van der Waals surface area contributed by atoms with Gasteiger partial charge in [0.05, 0.1) is 5.41 Å². The average molecular weight is 253 g/mol. The summed E-state index contributed by atoms with van der Waals surface area (Å²) in [5, 5.41) is 0. The lowest BCUT2D eigenvalue weighted by molar-refractivity contribution is 0.197. The molecule has 4 rings (SSSR count). The lowest BCUT2D eigenvalue weighted by Gasteiger charge is -2.31. The van der Waals surface area contributed by atoms with E-state index in [2.05, 4.69) is 55.3 Å². The molecule has 1 aromatic rings. The van der Waals surface area contributed by atoms with Crippen molar-refractivity contribution < 1.29 is 4.74 Å². The number of hydrogen-bond acceptors (Lipinski definition) is 2. The quantitative estimate of drug-likeness (QED) is 0.705. The molecule has 0 saturated heterocycles. The summed E-state index contributed by atoms with van der Waals surface area (Å²) >= 11 is 0. The zero-order valence-electron chi connectivity index (χ0n) is 11.5. The van der Waals surface area contributed by atoms with E-state index < -0.39 is 0 Å². The first-order chi connectivity index (χ1) is 9.21. The predicted octanol–water partition coefficient (Wildman–Crippen LogP) is 2.96. The van der Waals surface area contributed by atoms with E-state index in [-0.39, 0.29) is 11.5 Å². The van der Waals surface area contributed by atoms with Crippen LogP contribution in [0.4, 0.5) is 0 Å². The molecule has 98 valence electrons. The summed E-state index contributed by atoms with van der Waals surface area (Å²) in [6.45, 7) is 4.30. The lowest BCUT2D eigenvalue weighted by Crippen LogP contribution is -2.37. The molecule has 2 nitrogen and oxygen atoms in total. The van der Waals surface area contributed by atoms with Crippen LogP contribution in [-0.2, 0) is 12.0 Å². The van der Waals surface area contributed by atoms with Gasteiger partial charge in [0.25, 0.3) is 0 Å².